The molecule has 1 rings (SSSR count). The molecule has 8 nitrogen and oxygen atoms in total. The molecule has 0 fully saturated rings. The molecule has 0 heterocycles. The minimum atomic E-state index is -1.17. The van der Waals surface area contributed by atoms with Crippen LogP contribution in [0.3, 0.4) is 0 Å². The molecule has 0 unspecified atom stereocenters. The normalized spacial score (nSPS) is 12.6. The molecule has 0 aromatic heterocycles. The van der Waals surface area contributed by atoms with Gasteiger partial charge in [-0.05, 0) is 59.2 Å². The van der Waals surface area contributed by atoms with Gasteiger partial charge in [0.25, 0.3) is 0 Å². The maximum absolute atomic E-state index is 11.8. The molecule has 1 atom stereocenters. The van der Waals surface area contributed by atoms with Gasteiger partial charge in [0.05, 0.1) is 0 Å². The van der Waals surface area contributed by atoms with Crippen LogP contribution in [-0.4, -0.2) is 47.0 Å². The van der Waals surface area contributed by atoms with E-state index in [4.69, 9.17) is 14.2 Å². The largest absolute Gasteiger partial charge is 0.482 e. The van der Waals surface area contributed by atoms with E-state index in [1.54, 1.807) is 65.8 Å². The number of aliphatic carboxylic acids is 1. The van der Waals surface area contributed by atoms with Crippen LogP contribution in [0.15, 0.2) is 24.3 Å². The van der Waals surface area contributed by atoms with Crippen molar-refractivity contribution in [2.45, 2.75) is 65.2 Å². The predicted molar refractivity (Wildman–Crippen MR) is 102 cm³/mol. The first kappa shape index (κ1) is 23.3. The van der Waals surface area contributed by atoms with Crippen LogP contribution in [0.25, 0.3) is 0 Å². The van der Waals surface area contributed by atoms with E-state index in [0.29, 0.717) is 11.3 Å². The highest BCUT2D eigenvalue weighted by molar-refractivity contribution is 5.80. The van der Waals surface area contributed by atoms with Crippen LogP contribution in [-0.2, 0) is 25.5 Å². The molecule has 8 heteroatoms. The molecule has 156 valence electrons. The average molecular weight is 395 g/mol. The summed E-state index contributed by atoms with van der Waals surface area (Å²) in [5.74, 6) is -1.21. The van der Waals surface area contributed by atoms with Crippen molar-refractivity contribution in [1.82, 2.24) is 5.32 Å². The highest BCUT2D eigenvalue weighted by Gasteiger charge is 2.24. The van der Waals surface area contributed by atoms with Crippen molar-refractivity contribution in [1.29, 1.82) is 0 Å². The Labute approximate surface area is 165 Å². The highest BCUT2D eigenvalue weighted by atomic mass is 16.6. The van der Waals surface area contributed by atoms with E-state index in [-0.39, 0.29) is 13.0 Å². The zero-order valence-corrected chi connectivity index (χ0v) is 17.2. The predicted octanol–water partition coefficient (Wildman–Crippen LogP) is 2.93. The number of benzene rings is 1. The second kappa shape index (κ2) is 9.43. The van der Waals surface area contributed by atoms with Gasteiger partial charge in [-0.3, -0.25) is 0 Å². The number of amides is 1. The summed E-state index contributed by atoms with van der Waals surface area (Å²) >= 11 is 0. The summed E-state index contributed by atoms with van der Waals surface area (Å²) in [6.07, 6.45) is -0.724. The molecule has 0 bridgehead atoms. The summed E-state index contributed by atoms with van der Waals surface area (Å²) in [5, 5.41) is 11.7. The van der Waals surface area contributed by atoms with Crippen molar-refractivity contribution in [3.8, 4) is 5.75 Å². The van der Waals surface area contributed by atoms with Crippen LogP contribution in [0.1, 0.15) is 47.1 Å². The van der Waals surface area contributed by atoms with Crippen LogP contribution in [0.2, 0.25) is 0 Å². The summed E-state index contributed by atoms with van der Waals surface area (Å²) in [6.45, 7) is 10.2. The fraction of sp³-hybridized carbons (Fsp3) is 0.550. The highest BCUT2D eigenvalue weighted by Crippen LogP contribution is 2.15. The van der Waals surface area contributed by atoms with Gasteiger partial charge in [0.15, 0.2) is 6.61 Å². The first-order valence-corrected chi connectivity index (χ1v) is 8.91. The Morgan fingerprint density at radius 1 is 0.964 bits per heavy atom. The van der Waals surface area contributed by atoms with Gasteiger partial charge in [-0.15, -0.1) is 0 Å². The monoisotopic (exact) mass is 395 g/mol. The Balaban J connectivity index is 2.62. The van der Waals surface area contributed by atoms with Gasteiger partial charge < -0.3 is 24.6 Å². The van der Waals surface area contributed by atoms with E-state index in [1.165, 1.54) is 0 Å². The number of carboxylic acids is 1. The zero-order valence-electron chi connectivity index (χ0n) is 17.2. The molecule has 1 amide bonds. The number of carboxylic acid groups (broad SMARTS) is 1. The van der Waals surface area contributed by atoms with E-state index in [1.807, 2.05) is 0 Å². The fourth-order valence-electron chi connectivity index (χ4n) is 2.12. The molecule has 0 radical (unpaired) electrons. The molecular formula is C20H29NO7. The molecule has 1 aromatic rings. The molecule has 0 aliphatic rings. The molecule has 0 aliphatic carbocycles. The lowest BCUT2D eigenvalue weighted by Gasteiger charge is -2.22. The fourth-order valence-corrected chi connectivity index (χ4v) is 2.12. The van der Waals surface area contributed by atoms with Crippen molar-refractivity contribution in [2.24, 2.45) is 0 Å². The van der Waals surface area contributed by atoms with Crippen molar-refractivity contribution in [3.05, 3.63) is 29.8 Å². The van der Waals surface area contributed by atoms with Crippen LogP contribution < -0.4 is 10.1 Å². The van der Waals surface area contributed by atoms with Crippen LogP contribution in [0.5, 0.6) is 5.75 Å². The SMILES string of the molecule is CC(C)(C)OC(=O)COc1ccc(C[C@H](NC(=O)OC(C)(C)C)C(=O)O)cc1. The lowest BCUT2D eigenvalue weighted by Crippen LogP contribution is -2.44. The number of carbonyl (C=O) groups excluding carboxylic acids is 2. The molecular weight excluding hydrogens is 366 g/mol. The van der Waals surface area contributed by atoms with Gasteiger partial charge in [-0.2, -0.15) is 0 Å². The minimum Gasteiger partial charge on any atom is -0.482 e. The van der Waals surface area contributed by atoms with E-state index in [2.05, 4.69) is 5.32 Å². The standard InChI is InChI=1S/C20H29NO7/c1-19(2,3)27-16(22)12-26-14-9-7-13(8-10-14)11-15(17(23)24)21-18(25)28-20(4,5)6/h7-10,15H,11-12H2,1-6H3,(H,21,25)(H,23,24)/t15-/m0/s1. The van der Waals surface area contributed by atoms with E-state index >= 15 is 0 Å². The quantitative estimate of drug-likeness (QED) is 0.683. The second-order valence-corrected chi connectivity index (χ2v) is 8.26. The summed E-state index contributed by atoms with van der Waals surface area (Å²) in [7, 11) is 0. The minimum absolute atomic E-state index is 0.0704. The van der Waals surface area contributed by atoms with Crippen molar-refractivity contribution < 1.29 is 33.7 Å². The number of rotatable bonds is 7. The Hall–Kier alpha value is -2.77. The van der Waals surface area contributed by atoms with Gasteiger partial charge in [0.1, 0.15) is 23.0 Å². The Morgan fingerprint density at radius 2 is 1.50 bits per heavy atom. The Morgan fingerprint density at radius 3 is 1.96 bits per heavy atom. The molecule has 2 N–H and O–H groups in total. The van der Waals surface area contributed by atoms with E-state index < -0.39 is 35.3 Å². The van der Waals surface area contributed by atoms with Crippen LogP contribution >= 0.6 is 0 Å². The summed E-state index contributed by atoms with van der Waals surface area (Å²) < 4.78 is 15.6. The Bertz CT molecular complexity index is 684. The van der Waals surface area contributed by atoms with E-state index in [0.717, 1.165) is 0 Å². The molecule has 0 saturated heterocycles. The maximum atomic E-state index is 11.8. The third-order valence-electron chi connectivity index (χ3n) is 3.13. The van der Waals surface area contributed by atoms with Gasteiger partial charge in [-0.25, -0.2) is 14.4 Å². The van der Waals surface area contributed by atoms with Gasteiger partial charge in [-0.1, -0.05) is 12.1 Å². The number of alkyl carbamates (subject to hydrolysis) is 1. The molecule has 28 heavy (non-hydrogen) atoms. The van der Waals surface area contributed by atoms with Gasteiger partial charge in [0.2, 0.25) is 0 Å². The topological polar surface area (TPSA) is 111 Å². The lowest BCUT2D eigenvalue weighted by atomic mass is 10.1. The second-order valence-electron chi connectivity index (χ2n) is 8.26. The average Bonchev–Trinajstić information content (AvgIpc) is 2.50. The lowest BCUT2D eigenvalue weighted by molar-refractivity contribution is -0.157. The third kappa shape index (κ3) is 9.80. The van der Waals surface area contributed by atoms with Gasteiger partial charge >= 0.3 is 18.0 Å². The molecule has 0 aliphatic heterocycles. The van der Waals surface area contributed by atoms with E-state index in [9.17, 15) is 19.5 Å². The van der Waals surface area contributed by atoms with Crippen molar-refractivity contribution in [2.75, 3.05) is 6.61 Å². The maximum Gasteiger partial charge on any atom is 0.408 e. The van der Waals surface area contributed by atoms with Crippen molar-refractivity contribution >= 4 is 18.0 Å². The zero-order chi connectivity index (χ0) is 21.5. The number of esters is 1. The summed E-state index contributed by atoms with van der Waals surface area (Å²) in [4.78, 5) is 34.9. The number of ether oxygens (including phenoxy) is 3. The third-order valence-corrected chi connectivity index (χ3v) is 3.13. The first-order chi connectivity index (χ1) is 12.7. The molecule has 1 aromatic carbocycles. The Kier molecular flexibility index (Phi) is 7.84. The molecule has 0 spiro atoms. The van der Waals surface area contributed by atoms with Crippen LogP contribution in [0, 0.1) is 0 Å². The van der Waals surface area contributed by atoms with Crippen molar-refractivity contribution in [3.63, 3.8) is 0 Å². The number of hydrogen-bond acceptors (Lipinski definition) is 6. The molecule has 0 saturated carbocycles. The number of nitrogens with one attached hydrogen (secondary N) is 1. The first-order valence-electron chi connectivity index (χ1n) is 8.91. The smallest absolute Gasteiger partial charge is 0.408 e. The van der Waals surface area contributed by atoms with Crippen LogP contribution in [0.4, 0.5) is 4.79 Å². The number of carbonyl (C=O) groups is 3. The van der Waals surface area contributed by atoms with Gasteiger partial charge in [0, 0.05) is 6.42 Å². The summed E-state index contributed by atoms with van der Waals surface area (Å²) in [6, 6.07) is 5.43. The number of hydrogen-bond donors (Lipinski definition) is 2. The summed E-state index contributed by atoms with van der Waals surface area (Å²) in [5.41, 5.74) is -0.634.